The molecule has 0 spiro atoms. The number of esters is 1. The van der Waals surface area contributed by atoms with Gasteiger partial charge >= 0.3 is 5.97 Å². The minimum atomic E-state index is -1.30. The molecule has 21 heavy (non-hydrogen) atoms. The van der Waals surface area contributed by atoms with Gasteiger partial charge in [0.15, 0.2) is 0 Å². The lowest BCUT2D eigenvalue weighted by atomic mass is 9.82. The second-order valence-corrected chi connectivity index (χ2v) is 4.85. The van der Waals surface area contributed by atoms with E-state index in [0.29, 0.717) is 11.3 Å². The molecule has 108 valence electrons. The number of hydrogen-bond acceptors (Lipinski definition) is 4. The first-order valence-electron chi connectivity index (χ1n) is 6.68. The van der Waals surface area contributed by atoms with Gasteiger partial charge in [-0.3, -0.25) is 0 Å². The Balaban J connectivity index is 2.23. The maximum atomic E-state index is 12.7. The Hall–Kier alpha value is -2.17. The number of ether oxygens (including phenoxy) is 3. The van der Waals surface area contributed by atoms with E-state index in [1.807, 2.05) is 48.5 Å². The topological polar surface area (TPSA) is 44.8 Å². The van der Waals surface area contributed by atoms with E-state index in [1.165, 1.54) is 7.11 Å². The van der Waals surface area contributed by atoms with Gasteiger partial charge in [0, 0.05) is 19.8 Å². The smallest absolute Gasteiger partial charge is 0.351 e. The molecule has 4 heteroatoms. The molecule has 1 aliphatic heterocycles. The van der Waals surface area contributed by atoms with Crippen LogP contribution in [0.4, 0.5) is 0 Å². The lowest BCUT2D eigenvalue weighted by Crippen LogP contribution is -2.49. The van der Waals surface area contributed by atoms with Gasteiger partial charge in [-0.25, -0.2) is 4.79 Å². The van der Waals surface area contributed by atoms with E-state index in [0.717, 1.165) is 5.56 Å². The molecular formula is C17H16O4. The highest BCUT2D eigenvalue weighted by Crippen LogP contribution is 2.47. The first-order chi connectivity index (χ1) is 10.2. The Bertz CT molecular complexity index is 653. The molecule has 0 saturated heterocycles. The van der Waals surface area contributed by atoms with Gasteiger partial charge < -0.3 is 14.2 Å². The first kappa shape index (κ1) is 13.8. The SMILES string of the molecule is COC1c2ccccc2OC(=O)C1(OC)c1ccccc1. The van der Waals surface area contributed by atoms with Crippen LogP contribution in [0.25, 0.3) is 0 Å². The van der Waals surface area contributed by atoms with Crippen molar-refractivity contribution >= 4 is 5.97 Å². The minimum Gasteiger partial charge on any atom is -0.424 e. The van der Waals surface area contributed by atoms with Gasteiger partial charge in [0.25, 0.3) is 0 Å². The minimum absolute atomic E-state index is 0.471. The molecule has 0 aliphatic carbocycles. The molecule has 0 bridgehead atoms. The maximum absolute atomic E-state index is 12.7. The number of fused-ring (bicyclic) bond motifs is 1. The first-order valence-corrected chi connectivity index (χ1v) is 6.68. The summed E-state index contributed by atoms with van der Waals surface area (Å²) in [7, 11) is 3.06. The largest absolute Gasteiger partial charge is 0.424 e. The summed E-state index contributed by atoms with van der Waals surface area (Å²) in [5.74, 6) is 0.0414. The number of benzene rings is 2. The third kappa shape index (κ3) is 1.95. The molecule has 3 rings (SSSR count). The summed E-state index contributed by atoms with van der Waals surface area (Å²) in [6.45, 7) is 0. The van der Waals surface area contributed by atoms with E-state index in [-0.39, 0.29) is 0 Å². The Labute approximate surface area is 123 Å². The second-order valence-electron chi connectivity index (χ2n) is 4.85. The van der Waals surface area contributed by atoms with Crippen molar-refractivity contribution in [2.75, 3.05) is 14.2 Å². The number of rotatable bonds is 3. The summed E-state index contributed by atoms with van der Waals surface area (Å²) in [4.78, 5) is 12.7. The predicted molar refractivity (Wildman–Crippen MR) is 77.0 cm³/mol. The Morgan fingerprint density at radius 1 is 1.00 bits per heavy atom. The zero-order chi connectivity index (χ0) is 14.9. The molecule has 1 heterocycles. The molecule has 2 atom stereocenters. The van der Waals surface area contributed by atoms with E-state index in [9.17, 15) is 4.79 Å². The number of para-hydroxylation sites is 1. The van der Waals surface area contributed by atoms with Crippen LogP contribution in [0.1, 0.15) is 17.2 Å². The summed E-state index contributed by atoms with van der Waals surface area (Å²) in [5, 5.41) is 0. The van der Waals surface area contributed by atoms with Crippen LogP contribution in [0, 0.1) is 0 Å². The Morgan fingerprint density at radius 2 is 1.67 bits per heavy atom. The Morgan fingerprint density at radius 3 is 2.33 bits per heavy atom. The summed E-state index contributed by atoms with van der Waals surface area (Å²) in [6.07, 6.45) is -0.567. The summed E-state index contributed by atoms with van der Waals surface area (Å²) in [5.41, 5.74) is 0.203. The van der Waals surface area contributed by atoms with Gasteiger partial charge in [0.05, 0.1) is 0 Å². The van der Waals surface area contributed by atoms with E-state index >= 15 is 0 Å². The van der Waals surface area contributed by atoms with Crippen molar-refractivity contribution in [3.05, 3.63) is 65.7 Å². The van der Waals surface area contributed by atoms with Crippen LogP contribution < -0.4 is 4.74 Å². The molecule has 2 unspecified atom stereocenters. The highest BCUT2D eigenvalue weighted by atomic mass is 16.6. The zero-order valence-electron chi connectivity index (χ0n) is 11.9. The fourth-order valence-electron chi connectivity index (χ4n) is 2.85. The van der Waals surface area contributed by atoms with Crippen LogP contribution >= 0.6 is 0 Å². The van der Waals surface area contributed by atoms with Crippen LogP contribution in [0.15, 0.2) is 54.6 Å². The fourth-order valence-corrected chi connectivity index (χ4v) is 2.85. The molecule has 2 aromatic rings. The zero-order valence-corrected chi connectivity index (χ0v) is 11.9. The molecule has 0 amide bonds. The van der Waals surface area contributed by atoms with E-state index in [2.05, 4.69) is 0 Å². The van der Waals surface area contributed by atoms with Crippen molar-refractivity contribution in [3.63, 3.8) is 0 Å². The summed E-state index contributed by atoms with van der Waals surface area (Å²) < 4.78 is 16.7. The highest BCUT2D eigenvalue weighted by Gasteiger charge is 2.54. The fraction of sp³-hybridized carbons (Fsp3) is 0.235. The monoisotopic (exact) mass is 284 g/mol. The molecule has 2 aromatic carbocycles. The standard InChI is InChI=1S/C17H16O4/c1-19-15-13-10-6-7-11-14(13)21-16(18)17(15,20-2)12-8-4-3-5-9-12/h3-11,15H,1-2H3. The van der Waals surface area contributed by atoms with Crippen LogP contribution in [0.5, 0.6) is 5.75 Å². The summed E-state index contributed by atoms with van der Waals surface area (Å²) >= 11 is 0. The lowest BCUT2D eigenvalue weighted by molar-refractivity contribution is -0.187. The van der Waals surface area contributed by atoms with Crippen LogP contribution in [0.2, 0.25) is 0 Å². The molecule has 1 aliphatic rings. The van der Waals surface area contributed by atoms with Crippen LogP contribution in [0.3, 0.4) is 0 Å². The molecule has 0 radical (unpaired) electrons. The van der Waals surface area contributed by atoms with Crippen molar-refractivity contribution in [2.45, 2.75) is 11.7 Å². The van der Waals surface area contributed by atoms with Gasteiger partial charge in [0.1, 0.15) is 11.9 Å². The predicted octanol–water partition coefficient (Wildman–Crippen LogP) is 2.84. The van der Waals surface area contributed by atoms with Crippen molar-refractivity contribution in [1.29, 1.82) is 0 Å². The number of methoxy groups -OCH3 is 2. The molecule has 0 saturated carbocycles. The van der Waals surface area contributed by atoms with Gasteiger partial charge in [-0.05, 0) is 11.6 Å². The van der Waals surface area contributed by atoms with Crippen molar-refractivity contribution in [2.24, 2.45) is 0 Å². The van der Waals surface area contributed by atoms with Crippen molar-refractivity contribution in [3.8, 4) is 5.75 Å². The van der Waals surface area contributed by atoms with Crippen LogP contribution in [-0.2, 0) is 19.9 Å². The quantitative estimate of drug-likeness (QED) is 0.642. The third-order valence-electron chi connectivity index (χ3n) is 3.84. The number of carbonyl (C=O) groups excluding carboxylic acids is 1. The van der Waals surface area contributed by atoms with E-state index in [4.69, 9.17) is 14.2 Å². The molecular weight excluding hydrogens is 268 g/mol. The van der Waals surface area contributed by atoms with Gasteiger partial charge in [0.2, 0.25) is 5.60 Å². The lowest BCUT2D eigenvalue weighted by Gasteiger charge is -2.40. The van der Waals surface area contributed by atoms with Gasteiger partial charge in [-0.1, -0.05) is 48.5 Å². The molecule has 0 fully saturated rings. The van der Waals surface area contributed by atoms with Gasteiger partial charge in [-0.2, -0.15) is 0 Å². The van der Waals surface area contributed by atoms with Crippen molar-refractivity contribution < 1.29 is 19.0 Å². The summed E-state index contributed by atoms with van der Waals surface area (Å²) in [6, 6.07) is 16.6. The normalized spacial score (nSPS) is 24.3. The average Bonchev–Trinajstić information content (AvgIpc) is 2.54. The second kappa shape index (κ2) is 5.31. The highest BCUT2D eigenvalue weighted by molar-refractivity contribution is 5.87. The van der Waals surface area contributed by atoms with Crippen LogP contribution in [-0.4, -0.2) is 20.2 Å². The number of hydrogen-bond donors (Lipinski definition) is 0. The Kier molecular flexibility index (Phi) is 3.49. The number of carbonyl (C=O) groups is 1. The van der Waals surface area contributed by atoms with Crippen molar-refractivity contribution in [1.82, 2.24) is 0 Å². The maximum Gasteiger partial charge on any atom is 0.351 e. The molecule has 4 nitrogen and oxygen atoms in total. The molecule has 0 aromatic heterocycles. The third-order valence-corrected chi connectivity index (χ3v) is 3.84. The van der Waals surface area contributed by atoms with E-state index in [1.54, 1.807) is 13.2 Å². The van der Waals surface area contributed by atoms with Gasteiger partial charge in [-0.15, -0.1) is 0 Å². The van der Waals surface area contributed by atoms with E-state index < -0.39 is 17.7 Å². The average molecular weight is 284 g/mol. The molecule has 0 N–H and O–H groups in total.